The minimum Gasteiger partial charge on any atom is -0.507 e. The third-order valence-corrected chi connectivity index (χ3v) is 5.92. The summed E-state index contributed by atoms with van der Waals surface area (Å²) in [6.45, 7) is 6.54. The smallest absolute Gasteiger partial charge is 0.295 e. The molecule has 2 heterocycles. The maximum atomic E-state index is 13.3. The van der Waals surface area contributed by atoms with Gasteiger partial charge in [-0.25, -0.2) is 0 Å². The standard InChI is InChI=1S/C29H28N2O5/c1-3-18-36-23-11-10-22(19-24(23)35-4-2)26-25(27(32)21-12-15-30-16-13-21)28(33)29(34)31(26)17-14-20-8-6-5-7-9-20/h3,5-13,15-16,19,26,32H,1,4,14,17-18H2,2H3/b27-25+. The zero-order valence-corrected chi connectivity index (χ0v) is 20.1. The number of benzene rings is 2. The number of Topliss-reactive ketones (excluding diaryl/α,β-unsaturated/α-hetero) is 1. The minimum absolute atomic E-state index is 0.0291. The van der Waals surface area contributed by atoms with Crippen LogP contribution in [0.25, 0.3) is 5.76 Å². The number of aliphatic hydroxyl groups is 1. The van der Waals surface area contributed by atoms with E-state index in [1.165, 1.54) is 17.3 Å². The summed E-state index contributed by atoms with van der Waals surface area (Å²) in [5.74, 6) is -0.623. The van der Waals surface area contributed by atoms with Crippen LogP contribution in [0.3, 0.4) is 0 Å². The molecule has 1 saturated heterocycles. The fourth-order valence-corrected chi connectivity index (χ4v) is 4.25. The fraction of sp³-hybridized carbons (Fsp3) is 0.207. The van der Waals surface area contributed by atoms with Crippen LogP contribution in [0.15, 0.2) is 91.3 Å². The lowest BCUT2D eigenvalue weighted by molar-refractivity contribution is -0.139. The molecule has 184 valence electrons. The van der Waals surface area contributed by atoms with Crippen molar-refractivity contribution < 1.29 is 24.2 Å². The van der Waals surface area contributed by atoms with Gasteiger partial charge in [0.25, 0.3) is 11.7 Å². The Hall–Kier alpha value is -4.39. The summed E-state index contributed by atoms with van der Waals surface area (Å²) in [5, 5.41) is 11.2. The van der Waals surface area contributed by atoms with Crippen molar-refractivity contribution in [3.63, 3.8) is 0 Å². The van der Waals surface area contributed by atoms with Crippen LogP contribution in [0.2, 0.25) is 0 Å². The molecule has 1 atom stereocenters. The SMILES string of the molecule is C=CCOc1ccc(C2/C(=C(\O)c3ccncc3)C(=O)C(=O)N2CCc2ccccc2)cc1OCC. The number of nitrogens with zero attached hydrogens (tertiary/aromatic N) is 2. The highest BCUT2D eigenvalue weighted by molar-refractivity contribution is 6.46. The van der Waals surface area contributed by atoms with E-state index < -0.39 is 17.7 Å². The number of amides is 1. The first kappa shape index (κ1) is 24.7. The molecule has 7 heteroatoms. The van der Waals surface area contributed by atoms with E-state index in [0.29, 0.717) is 48.8 Å². The largest absolute Gasteiger partial charge is 0.507 e. The molecule has 1 N–H and O–H groups in total. The van der Waals surface area contributed by atoms with E-state index in [0.717, 1.165) is 5.56 Å². The van der Waals surface area contributed by atoms with Gasteiger partial charge in [0.15, 0.2) is 11.5 Å². The molecule has 1 unspecified atom stereocenters. The van der Waals surface area contributed by atoms with Gasteiger partial charge >= 0.3 is 0 Å². The third-order valence-electron chi connectivity index (χ3n) is 5.92. The van der Waals surface area contributed by atoms with Gasteiger partial charge in [-0.05, 0) is 48.7 Å². The molecular weight excluding hydrogens is 456 g/mol. The first-order valence-electron chi connectivity index (χ1n) is 11.8. The summed E-state index contributed by atoms with van der Waals surface area (Å²) in [7, 11) is 0. The number of aromatic nitrogens is 1. The number of hydrogen-bond acceptors (Lipinski definition) is 6. The van der Waals surface area contributed by atoms with Crippen molar-refractivity contribution in [1.29, 1.82) is 0 Å². The van der Waals surface area contributed by atoms with Crippen molar-refractivity contribution in [3.8, 4) is 11.5 Å². The number of likely N-dealkylation sites (tertiary alicyclic amines) is 1. The Morgan fingerprint density at radius 2 is 1.81 bits per heavy atom. The van der Waals surface area contributed by atoms with E-state index in [9.17, 15) is 14.7 Å². The van der Waals surface area contributed by atoms with E-state index >= 15 is 0 Å². The number of pyridine rings is 1. The van der Waals surface area contributed by atoms with Gasteiger partial charge in [-0.15, -0.1) is 0 Å². The van der Waals surface area contributed by atoms with E-state index in [1.54, 1.807) is 36.4 Å². The van der Waals surface area contributed by atoms with Crippen molar-refractivity contribution in [3.05, 3.63) is 108 Å². The number of aliphatic hydroxyl groups excluding tert-OH is 1. The molecule has 4 rings (SSSR count). The summed E-state index contributed by atoms with van der Waals surface area (Å²) in [5.41, 5.74) is 2.11. The summed E-state index contributed by atoms with van der Waals surface area (Å²) >= 11 is 0. The Labute approximate surface area is 210 Å². The minimum atomic E-state index is -0.797. The van der Waals surface area contributed by atoms with Crippen molar-refractivity contribution in [2.45, 2.75) is 19.4 Å². The van der Waals surface area contributed by atoms with Crippen LogP contribution in [0, 0.1) is 0 Å². The Bertz CT molecular complexity index is 1270. The molecule has 1 aliphatic heterocycles. The maximum absolute atomic E-state index is 13.3. The third kappa shape index (κ3) is 5.15. The van der Waals surface area contributed by atoms with Gasteiger partial charge in [0.05, 0.1) is 18.2 Å². The lowest BCUT2D eigenvalue weighted by Crippen LogP contribution is -2.31. The average molecular weight is 485 g/mol. The zero-order chi connectivity index (χ0) is 25.5. The summed E-state index contributed by atoms with van der Waals surface area (Å²) < 4.78 is 11.5. The molecule has 1 aliphatic rings. The number of rotatable bonds is 10. The number of carbonyl (C=O) groups excluding carboxylic acids is 2. The Morgan fingerprint density at radius 3 is 2.50 bits per heavy atom. The Balaban J connectivity index is 1.81. The van der Waals surface area contributed by atoms with E-state index in [2.05, 4.69) is 11.6 Å². The lowest BCUT2D eigenvalue weighted by atomic mass is 9.95. The van der Waals surface area contributed by atoms with E-state index in [-0.39, 0.29) is 11.3 Å². The Kier molecular flexibility index (Phi) is 7.80. The second-order valence-electron chi connectivity index (χ2n) is 8.20. The lowest BCUT2D eigenvalue weighted by Gasteiger charge is -2.26. The van der Waals surface area contributed by atoms with Crippen LogP contribution >= 0.6 is 0 Å². The molecule has 0 radical (unpaired) electrons. The molecular formula is C29H28N2O5. The van der Waals surface area contributed by atoms with Crippen LogP contribution < -0.4 is 9.47 Å². The maximum Gasteiger partial charge on any atom is 0.295 e. The molecule has 0 bridgehead atoms. The summed E-state index contributed by atoms with van der Waals surface area (Å²) in [6, 6.07) is 17.4. The molecule has 0 aliphatic carbocycles. The van der Waals surface area contributed by atoms with Crippen LogP contribution in [0.4, 0.5) is 0 Å². The van der Waals surface area contributed by atoms with Gasteiger partial charge in [0, 0.05) is 24.5 Å². The highest BCUT2D eigenvalue weighted by Crippen LogP contribution is 2.42. The average Bonchev–Trinajstić information content (AvgIpc) is 3.17. The number of hydrogen-bond donors (Lipinski definition) is 1. The first-order chi connectivity index (χ1) is 17.5. The van der Waals surface area contributed by atoms with Crippen LogP contribution in [-0.4, -0.2) is 46.4 Å². The van der Waals surface area contributed by atoms with Gasteiger partial charge in [-0.1, -0.05) is 49.1 Å². The van der Waals surface area contributed by atoms with Crippen molar-refractivity contribution in [2.24, 2.45) is 0 Å². The molecule has 0 saturated carbocycles. The van der Waals surface area contributed by atoms with Gasteiger partial charge in [-0.3, -0.25) is 14.6 Å². The van der Waals surface area contributed by atoms with E-state index in [4.69, 9.17) is 9.47 Å². The monoisotopic (exact) mass is 484 g/mol. The number of carbonyl (C=O) groups is 2. The predicted octanol–water partition coefficient (Wildman–Crippen LogP) is 4.71. The normalized spacial score (nSPS) is 16.7. The molecule has 3 aromatic rings. The summed E-state index contributed by atoms with van der Waals surface area (Å²) in [4.78, 5) is 32.0. The van der Waals surface area contributed by atoms with Crippen molar-refractivity contribution >= 4 is 17.4 Å². The molecule has 0 spiro atoms. The number of ketones is 1. The Morgan fingerprint density at radius 1 is 1.06 bits per heavy atom. The molecule has 1 fully saturated rings. The van der Waals surface area contributed by atoms with Gasteiger partial charge in [-0.2, -0.15) is 0 Å². The van der Waals surface area contributed by atoms with Crippen LogP contribution in [0.5, 0.6) is 11.5 Å². The zero-order valence-electron chi connectivity index (χ0n) is 20.1. The summed E-state index contributed by atoms with van der Waals surface area (Å²) in [6.07, 6.45) is 5.23. The van der Waals surface area contributed by atoms with Gasteiger partial charge < -0.3 is 19.5 Å². The molecule has 1 amide bonds. The van der Waals surface area contributed by atoms with Crippen molar-refractivity contribution in [2.75, 3.05) is 19.8 Å². The number of ether oxygens (including phenoxy) is 2. The van der Waals surface area contributed by atoms with Crippen LogP contribution in [-0.2, 0) is 16.0 Å². The molecule has 7 nitrogen and oxygen atoms in total. The van der Waals surface area contributed by atoms with Crippen molar-refractivity contribution in [1.82, 2.24) is 9.88 Å². The highest BCUT2D eigenvalue weighted by atomic mass is 16.5. The molecule has 1 aromatic heterocycles. The quantitative estimate of drug-likeness (QED) is 0.194. The first-order valence-corrected chi connectivity index (χ1v) is 11.8. The predicted molar refractivity (Wildman–Crippen MR) is 137 cm³/mol. The highest BCUT2D eigenvalue weighted by Gasteiger charge is 2.46. The van der Waals surface area contributed by atoms with E-state index in [1.807, 2.05) is 37.3 Å². The molecule has 36 heavy (non-hydrogen) atoms. The second-order valence-corrected chi connectivity index (χ2v) is 8.20. The molecule has 2 aromatic carbocycles. The van der Waals surface area contributed by atoms with Gasteiger partial charge in [0.2, 0.25) is 0 Å². The van der Waals surface area contributed by atoms with Gasteiger partial charge in [0.1, 0.15) is 12.4 Å². The topological polar surface area (TPSA) is 89.0 Å². The van der Waals surface area contributed by atoms with Crippen LogP contribution in [0.1, 0.15) is 29.7 Å². The fourth-order valence-electron chi connectivity index (χ4n) is 4.25. The second kappa shape index (κ2) is 11.4.